The molecule has 108 valence electrons. The van der Waals surface area contributed by atoms with E-state index >= 15 is 0 Å². The summed E-state index contributed by atoms with van der Waals surface area (Å²) in [5.41, 5.74) is 1.37. The summed E-state index contributed by atoms with van der Waals surface area (Å²) >= 11 is 5.90. The Hall–Kier alpha value is -2.08. The Morgan fingerprint density at radius 3 is 2.67 bits per heavy atom. The molecule has 2 heterocycles. The number of amides is 1. The lowest BCUT2D eigenvalue weighted by atomic mass is 10.1. The van der Waals surface area contributed by atoms with Crippen LogP contribution in [0.4, 0.5) is 18.9 Å². The van der Waals surface area contributed by atoms with Crippen LogP contribution in [-0.4, -0.2) is 10.9 Å². The molecule has 21 heavy (non-hydrogen) atoms. The summed E-state index contributed by atoms with van der Waals surface area (Å²) in [5.74, 6) is -0.117. The molecular weight excluding hydrogens is 305 g/mol. The third-order valence-electron chi connectivity index (χ3n) is 3.18. The summed E-state index contributed by atoms with van der Waals surface area (Å²) in [6.07, 6.45) is -3.45. The summed E-state index contributed by atoms with van der Waals surface area (Å²) in [6, 6.07) is 5.91. The van der Waals surface area contributed by atoms with E-state index in [9.17, 15) is 18.0 Å². The molecule has 0 atom stereocenters. The number of pyridine rings is 1. The van der Waals surface area contributed by atoms with Crippen LogP contribution in [0.15, 0.2) is 30.5 Å². The van der Waals surface area contributed by atoms with E-state index in [0.717, 1.165) is 17.8 Å². The van der Waals surface area contributed by atoms with Crippen LogP contribution in [0.5, 0.6) is 0 Å². The number of carbonyl (C=O) groups excluding carboxylic acids is 1. The van der Waals surface area contributed by atoms with E-state index in [4.69, 9.17) is 11.6 Å². The summed E-state index contributed by atoms with van der Waals surface area (Å²) in [7, 11) is 0. The Morgan fingerprint density at radius 2 is 2.00 bits per heavy atom. The molecule has 1 aromatic carbocycles. The number of hydrogen-bond acceptors (Lipinski definition) is 2. The van der Waals surface area contributed by atoms with Crippen LogP contribution in [0.1, 0.15) is 11.1 Å². The number of aromatic nitrogens is 1. The SMILES string of the molecule is O=C1Cc2ccc(-c3ncc(C(F)(F)F)cc3Cl)cc2N1. The fourth-order valence-electron chi connectivity index (χ4n) is 2.17. The number of anilines is 1. The number of alkyl halides is 3. The topological polar surface area (TPSA) is 42.0 Å². The summed E-state index contributed by atoms with van der Waals surface area (Å²) in [5, 5.41) is 2.58. The minimum Gasteiger partial charge on any atom is -0.326 e. The third-order valence-corrected chi connectivity index (χ3v) is 3.47. The minimum absolute atomic E-state index is 0.0888. The molecule has 1 aliphatic heterocycles. The number of nitrogens with zero attached hydrogens (tertiary/aromatic N) is 1. The molecule has 1 N–H and O–H groups in total. The van der Waals surface area contributed by atoms with Gasteiger partial charge in [-0.05, 0) is 17.7 Å². The van der Waals surface area contributed by atoms with Gasteiger partial charge in [-0.3, -0.25) is 9.78 Å². The Balaban J connectivity index is 2.02. The van der Waals surface area contributed by atoms with Crippen molar-refractivity contribution >= 4 is 23.2 Å². The highest BCUT2D eigenvalue weighted by atomic mass is 35.5. The Labute approximate surface area is 122 Å². The maximum absolute atomic E-state index is 12.6. The minimum atomic E-state index is -4.49. The summed E-state index contributed by atoms with van der Waals surface area (Å²) < 4.78 is 37.7. The number of nitrogens with one attached hydrogen (secondary N) is 1. The van der Waals surface area contributed by atoms with Crippen molar-refractivity contribution in [3.05, 3.63) is 46.6 Å². The molecule has 3 nitrogen and oxygen atoms in total. The average molecular weight is 313 g/mol. The van der Waals surface area contributed by atoms with Crippen LogP contribution in [0.2, 0.25) is 5.02 Å². The lowest BCUT2D eigenvalue weighted by Crippen LogP contribution is -2.06. The second kappa shape index (κ2) is 4.73. The maximum atomic E-state index is 12.6. The summed E-state index contributed by atoms with van der Waals surface area (Å²) in [6.45, 7) is 0. The second-order valence-electron chi connectivity index (χ2n) is 4.65. The molecule has 0 fully saturated rings. The molecule has 2 aromatic rings. The number of halogens is 4. The van der Waals surface area contributed by atoms with Crippen molar-refractivity contribution in [2.24, 2.45) is 0 Å². The van der Waals surface area contributed by atoms with E-state index in [1.165, 1.54) is 0 Å². The number of benzene rings is 1. The van der Waals surface area contributed by atoms with Gasteiger partial charge >= 0.3 is 6.18 Å². The molecular formula is C14H8ClF3N2O. The van der Waals surface area contributed by atoms with Crippen molar-refractivity contribution in [2.75, 3.05) is 5.32 Å². The maximum Gasteiger partial charge on any atom is 0.417 e. The van der Waals surface area contributed by atoms with Gasteiger partial charge in [-0.1, -0.05) is 23.7 Å². The Morgan fingerprint density at radius 1 is 1.24 bits per heavy atom. The lowest BCUT2D eigenvalue weighted by Gasteiger charge is -2.10. The van der Waals surface area contributed by atoms with E-state index in [-0.39, 0.29) is 16.6 Å². The van der Waals surface area contributed by atoms with E-state index in [1.807, 2.05) is 0 Å². The molecule has 0 saturated carbocycles. The van der Waals surface area contributed by atoms with Gasteiger partial charge < -0.3 is 5.32 Å². The molecule has 0 spiro atoms. The molecule has 7 heteroatoms. The smallest absolute Gasteiger partial charge is 0.326 e. The van der Waals surface area contributed by atoms with Gasteiger partial charge in [-0.15, -0.1) is 0 Å². The van der Waals surface area contributed by atoms with Gasteiger partial charge in [0.25, 0.3) is 0 Å². The average Bonchev–Trinajstić information content (AvgIpc) is 2.76. The van der Waals surface area contributed by atoms with Crippen molar-refractivity contribution in [2.45, 2.75) is 12.6 Å². The highest BCUT2D eigenvalue weighted by molar-refractivity contribution is 6.33. The van der Waals surface area contributed by atoms with Crippen LogP contribution in [0, 0.1) is 0 Å². The van der Waals surface area contributed by atoms with Gasteiger partial charge in [-0.25, -0.2) is 0 Å². The monoisotopic (exact) mass is 312 g/mol. The van der Waals surface area contributed by atoms with Crippen LogP contribution in [0.3, 0.4) is 0 Å². The van der Waals surface area contributed by atoms with Gasteiger partial charge in [0.2, 0.25) is 5.91 Å². The van der Waals surface area contributed by atoms with E-state index in [1.54, 1.807) is 18.2 Å². The van der Waals surface area contributed by atoms with Gasteiger partial charge in [-0.2, -0.15) is 13.2 Å². The molecule has 0 saturated heterocycles. The zero-order chi connectivity index (χ0) is 15.2. The first-order valence-electron chi connectivity index (χ1n) is 6.00. The normalized spacial score (nSPS) is 14.0. The van der Waals surface area contributed by atoms with Gasteiger partial charge in [0, 0.05) is 17.4 Å². The van der Waals surface area contributed by atoms with Crippen molar-refractivity contribution in [3.8, 4) is 11.3 Å². The second-order valence-corrected chi connectivity index (χ2v) is 5.06. The van der Waals surface area contributed by atoms with E-state index in [2.05, 4.69) is 10.3 Å². The fraction of sp³-hybridized carbons (Fsp3) is 0.143. The van der Waals surface area contributed by atoms with Crippen molar-refractivity contribution in [3.63, 3.8) is 0 Å². The standard InChI is InChI=1S/C14H8ClF3N2O/c15-10-5-9(14(16,17)18)6-19-13(10)8-2-1-7-4-12(21)20-11(7)3-8/h1-3,5-6H,4H2,(H,20,21). The fourth-order valence-corrected chi connectivity index (χ4v) is 2.44. The van der Waals surface area contributed by atoms with Crippen LogP contribution < -0.4 is 5.32 Å². The number of rotatable bonds is 1. The van der Waals surface area contributed by atoms with Crippen LogP contribution in [-0.2, 0) is 17.4 Å². The Bertz CT molecular complexity index is 743. The number of hydrogen-bond donors (Lipinski definition) is 1. The molecule has 0 unspecified atom stereocenters. The van der Waals surface area contributed by atoms with Crippen molar-refractivity contribution < 1.29 is 18.0 Å². The number of fused-ring (bicyclic) bond motifs is 1. The van der Waals surface area contributed by atoms with E-state index < -0.39 is 11.7 Å². The molecule has 1 aliphatic rings. The zero-order valence-electron chi connectivity index (χ0n) is 10.5. The first-order chi connectivity index (χ1) is 9.84. The Kier molecular flexibility index (Phi) is 3.13. The zero-order valence-corrected chi connectivity index (χ0v) is 11.2. The predicted molar refractivity (Wildman–Crippen MR) is 72.0 cm³/mol. The first-order valence-corrected chi connectivity index (χ1v) is 6.38. The molecule has 1 amide bonds. The van der Waals surface area contributed by atoms with E-state index in [0.29, 0.717) is 17.7 Å². The van der Waals surface area contributed by atoms with Crippen molar-refractivity contribution in [1.82, 2.24) is 4.98 Å². The van der Waals surface area contributed by atoms with Crippen LogP contribution >= 0.6 is 11.6 Å². The first kappa shape index (κ1) is 13.9. The van der Waals surface area contributed by atoms with Gasteiger partial charge in [0.05, 0.1) is 22.7 Å². The molecule has 0 radical (unpaired) electrons. The molecule has 3 rings (SSSR count). The third kappa shape index (κ3) is 2.58. The van der Waals surface area contributed by atoms with Crippen molar-refractivity contribution in [1.29, 1.82) is 0 Å². The predicted octanol–water partition coefficient (Wildman–Crippen LogP) is 3.92. The highest BCUT2D eigenvalue weighted by Gasteiger charge is 2.31. The summed E-state index contributed by atoms with van der Waals surface area (Å²) in [4.78, 5) is 15.1. The van der Waals surface area contributed by atoms with Gasteiger partial charge in [0.15, 0.2) is 0 Å². The molecule has 1 aromatic heterocycles. The quantitative estimate of drug-likeness (QED) is 0.867. The largest absolute Gasteiger partial charge is 0.417 e. The van der Waals surface area contributed by atoms with Gasteiger partial charge in [0.1, 0.15) is 0 Å². The van der Waals surface area contributed by atoms with Crippen LogP contribution in [0.25, 0.3) is 11.3 Å². The molecule has 0 aliphatic carbocycles. The highest BCUT2D eigenvalue weighted by Crippen LogP contribution is 2.35. The molecule has 0 bridgehead atoms. The lowest BCUT2D eigenvalue weighted by molar-refractivity contribution is -0.137. The number of carbonyl (C=O) groups is 1.